The van der Waals surface area contributed by atoms with Crippen molar-refractivity contribution in [2.24, 2.45) is 0 Å². The zero-order valence-electron chi connectivity index (χ0n) is 10.5. The van der Waals surface area contributed by atoms with Gasteiger partial charge in [0.2, 0.25) is 0 Å². The Kier molecular flexibility index (Phi) is 4.46. The van der Waals surface area contributed by atoms with Gasteiger partial charge in [-0.1, -0.05) is 24.3 Å². The van der Waals surface area contributed by atoms with Crippen molar-refractivity contribution in [1.29, 1.82) is 0 Å². The standard InChI is InChI=1S/C15H9BrF4O/c16-12-6-2-5-11(14(12)17)13(21)8-9-3-1-4-10(7-9)15(18,19)20/h1-7H,8H2. The second-order valence-electron chi connectivity index (χ2n) is 4.40. The van der Waals surface area contributed by atoms with Crippen LogP contribution in [0.1, 0.15) is 21.5 Å². The molecule has 0 heterocycles. The van der Waals surface area contributed by atoms with Crippen molar-refractivity contribution in [2.45, 2.75) is 12.6 Å². The number of ketones is 1. The van der Waals surface area contributed by atoms with Gasteiger partial charge in [0.25, 0.3) is 0 Å². The van der Waals surface area contributed by atoms with Gasteiger partial charge in [0, 0.05) is 6.42 Å². The monoisotopic (exact) mass is 360 g/mol. The van der Waals surface area contributed by atoms with Gasteiger partial charge in [-0.3, -0.25) is 4.79 Å². The molecule has 0 radical (unpaired) electrons. The molecule has 0 unspecified atom stereocenters. The van der Waals surface area contributed by atoms with Crippen LogP contribution in [-0.4, -0.2) is 5.78 Å². The summed E-state index contributed by atoms with van der Waals surface area (Å²) in [6, 6.07) is 8.69. The quantitative estimate of drug-likeness (QED) is 0.554. The van der Waals surface area contributed by atoms with Crippen molar-refractivity contribution in [2.75, 3.05) is 0 Å². The van der Waals surface area contributed by atoms with Crippen LogP contribution in [0.3, 0.4) is 0 Å². The predicted octanol–water partition coefficient (Wildman–Crippen LogP) is 5.03. The first-order valence-electron chi connectivity index (χ1n) is 5.92. The van der Waals surface area contributed by atoms with E-state index in [1.165, 1.54) is 30.3 Å². The summed E-state index contributed by atoms with van der Waals surface area (Å²) in [6.45, 7) is 0. The molecule has 0 atom stereocenters. The molecule has 2 aromatic rings. The highest BCUT2D eigenvalue weighted by Crippen LogP contribution is 2.30. The molecule has 0 bridgehead atoms. The Hall–Kier alpha value is -1.69. The second-order valence-corrected chi connectivity index (χ2v) is 5.25. The lowest BCUT2D eigenvalue weighted by molar-refractivity contribution is -0.137. The first-order chi connectivity index (χ1) is 9.79. The smallest absolute Gasteiger partial charge is 0.294 e. The third kappa shape index (κ3) is 3.69. The van der Waals surface area contributed by atoms with E-state index in [0.29, 0.717) is 0 Å². The topological polar surface area (TPSA) is 17.1 Å². The molecule has 21 heavy (non-hydrogen) atoms. The number of benzene rings is 2. The van der Waals surface area contributed by atoms with Crippen LogP contribution in [0.5, 0.6) is 0 Å². The molecule has 0 aromatic heterocycles. The highest BCUT2D eigenvalue weighted by atomic mass is 79.9. The van der Waals surface area contributed by atoms with Gasteiger partial charge in [-0.25, -0.2) is 4.39 Å². The highest BCUT2D eigenvalue weighted by Gasteiger charge is 2.30. The first-order valence-corrected chi connectivity index (χ1v) is 6.71. The molecule has 0 spiro atoms. The lowest BCUT2D eigenvalue weighted by Crippen LogP contribution is -2.09. The van der Waals surface area contributed by atoms with Gasteiger partial charge in [-0.05, 0) is 39.7 Å². The van der Waals surface area contributed by atoms with Gasteiger partial charge in [-0.15, -0.1) is 0 Å². The van der Waals surface area contributed by atoms with Crippen LogP contribution in [0, 0.1) is 5.82 Å². The molecule has 0 saturated carbocycles. The number of halogens is 5. The third-order valence-electron chi connectivity index (χ3n) is 2.87. The minimum Gasteiger partial charge on any atom is -0.294 e. The van der Waals surface area contributed by atoms with Crippen molar-refractivity contribution in [3.05, 3.63) is 69.4 Å². The lowest BCUT2D eigenvalue weighted by Gasteiger charge is -2.09. The Morgan fingerprint density at radius 2 is 1.76 bits per heavy atom. The summed E-state index contributed by atoms with van der Waals surface area (Å²) in [5, 5.41) is 0. The fourth-order valence-corrected chi connectivity index (χ4v) is 2.22. The summed E-state index contributed by atoms with van der Waals surface area (Å²) in [4.78, 5) is 12.0. The van der Waals surface area contributed by atoms with Gasteiger partial charge in [0.05, 0.1) is 15.6 Å². The number of carbonyl (C=O) groups is 1. The molecule has 1 nitrogen and oxygen atoms in total. The zero-order chi connectivity index (χ0) is 15.6. The Bertz CT molecular complexity index is 680. The van der Waals surface area contributed by atoms with Crippen LogP contribution in [0.15, 0.2) is 46.9 Å². The Labute approximate surface area is 126 Å². The number of hydrogen-bond acceptors (Lipinski definition) is 1. The van der Waals surface area contributed by atoms with Gasteiger partial charge in [0.1, 0.15) is 5.82 Å². The summed E-state index contributed by atoms with van der Waals surface area (Å²) in [6.07, 6.45) is -4.77. The fraction of sp³-hybridized carbons (Fsp3) is 0.133. The van der Waals surface area contributed by atoms with E-state index in [1.807, 2.05) is 0 Å². The normalized spacial score (nSPS) is 11.5. The third-order valence-corrected chi connectivity index (χ3v) is 3.48. The van der Waals surface area contributed by atoms with Gasteiger partial charge >= 0.3 is 6.18 Å². The molecule has 0 amide bonds. The Morgan fingerprint density at radius 3 is 2.43 bits per heavy atom. The van der Waals surface area contributed by atoms with Crippen molar-refractivity contribution in [3.63, 3.8) is 0 Å². The fourth-order valence-electron chi connectivity index (χ4n) is 1.86. The van der Waals surface area contributed by atoms with Crippen LogP contribution >= 0.6 is 15.9 Å². The molecule has 0 fully saturated rings. The maximum Gasteiger partial charge on any atom is 0.416 e. The number of hydrogen-bond donors (Lipinski definition) is 0. The predicted molar refractivity (Wildman–Crippen MR) is 73.6 cm³/mol. The van der Waals surface area contributed by atoms with Crippen LogP contribution in [0.4, 0.5) is 17.6 Å². The molecule has 2 aromatic carbocycles. The summed E-state index contributed by atoms with van der Waals surface area (Å²) in [5.41, 5.74) is -0.793. The Balaban J connectivity index is 2.26. The summed E-state index contributed by atoms with van der Waals surface area (Å²) in [5.74, 6) is -1.29. The van der Waals surface area contributed by atoms with Gasteiger partial charge < -0.3 is 0 Å². The zero-order valence-corrected chi connectivity index (χ0v) is 12.1. The van der Waals surface area contributed by atoms with E-state index in [9.17, 15) is 22.4 Å². The molecule has 110 valence electrons. The van der Waals surface area contributed by atoms with Crippen molar-refractivity contribution in [1.82, 2.24) is 0 Å². The minimum atomic E-state index is -4.47. The number of rotatable bonds is 3. The van der Waals surface area contributed by atoms with E-state index in [4.69, 9.17) is 0 Å². The highest BCUT2D eigenvalue weighted by molar-refractivity contribution is 9.10. The minimum absolute atomic E-state index is 0.136. The van der Waals surface area contributed by atoms with E-state index < -0.39 is 23.3 Å². The van der Waals surface area contributed by atoms with Crippen LogP contribution < -0.4 is 0 Å². The molecule has 0 N–H and O–H groups in total. The van der Waals surface area contributed by atoms with E-state index in [0.717, 1.165) is 12.1 Å². The van der Waals surface area contributed by atoms with E-state index >= 15 is 0 Å². The molecule has 0 aliphatic rings. The van der Waals surface area contributed by atoms with Gasteiger partial charge in [-0.2, -0.15) is 13.2 Å². The summed E-state index contributed by atoms with van der Waals surface area (Å²) in [7, 11) is 0. The van der Waals surface area contributed by atoms with Crippen molar-refractivity contribution < 1.29 is 22.4 Å². The second kappa shape index (κ2) is 5.97. The number of Topliss-reactive ketones (excluding diaryl/α,β-unsaturated/α-hetero) is 1. The summed E-state index contributed by atoms with van der Waals surface area (Å²) < 4.78 is 51.7. The maximum absolute atomic E-state index is 13.8. The SMILES string of the molecule is O=C(Cc1cccc(C(F)(F)F)c1)c1cccc(Br)c1F. The average molecular weight is 361 g/mol. The average Bonchev–Trinajstić information content (AvgIpc) is 2.41. The summed E-state index contributed by atoms with van der Waals surface area (Å²) >= 11 is 2.96. The molecule has 2 rings (SSSR count). The van der Waals surface area contributed by atoms with Crippen LogP contribution in [-0.2, 0) is 12.6 Å². The largest absolute Gasteiger partial charge is 0.416 e. The first kappa shape index (κ1) is 15.7. The van der Waals surface area contributed by atoms with Crippen LogP contribution in [0.2, 0.25) is 0 Å². The van der Waals surface area contributed by atoms with Crippen LogP contribution in [0.25, 0.3) is 0 Å². The van der Waals surface area contributed by atoms with Crippen molar-refractivity contribution >= 4 is 21.7 Å². The van der Waals surface area contributed by atoms with Crippen molar-refractivity contribution in [3.8, 4) is 0 Å². The van der Waals surface area contributed by atoms with E-state index in [-0.39, 0.29) is 22.0 Å². The number of carbonyl (C=O) groups excluding carboxylic acids is 1. The maximum atomic E-state index is 13.8. The molecule has 0 saturated heterocycles. The van der Waals surface area contributed by atoms with E-state index in [1.54, 1.807) is 0 Å². The molecule has 0 aliphatic heterocycles. The molecule has 6 heteroatoms. The molecular weight excluding hydrogens is 352 g/mol. The van der Waals surface area contributed by atoms with E-state index in [2.05, 4.69) is 15.9 Å². The van der Waals surface area contributed by atoms with Gasteiger partial charge in [0.15, 0.2) is 5.78 Å². The molecular formula is C15H9BrF4O. The molecule has 0 aliphatic carbocycles. The lowest BCUT2D eigenvalue weighted by atomic mass is 10.0. The number of alkyl halides is 3. The Morgan fingerprint density at radius 1 is 1.10 bits per heavy atom.